The third kappa shape index (κ3) is 3.89. The summed E-state index contributed by atoms with van der Waals surface area (Å²) < 4.78 is 5.33. The molecule has 0 bridgehead atoms. The van der Waals surface area contributed by atoms with Gasteiger partial charge in [-0.25, -0.2) is 4.79 Å². The van der Waals surface area contributed by atoms with E-state index in [0.717, 1.165) is 0 Å². The molecule has 0 radical (unpaired) electrons. The van der Waals surface area contributed by atoms with Gasteiger partial charge in [0.25, 0.3) is 0 Å². The van der Waals surface area contributed by atoms with Gasteiger partial charge in [0.1, 0.15) is 0 Å². The Bertz CT molecular complexity index is 295. The van der Waals surface area contributed by atoms with E-state index in [1.807, 2.05) is 6.92 Å². The zero-order valence-corrected chi connectivity index (χ0v) is 10.5. The van der Waals surface area contributed by atoms with Gasteiger partial charge in [-0.1, -0.05) is 0 Å². The second kappa shape index (κ2) is 5.86. The Morgan fingerprint density at radius 1 is 1.47 bits per heavy atom. The lowest BCUT2D eigenvalue weighted by Gasteiger charge is -2.32. The Morgan fingerprint density at radius 2 is 2.12 bits per heavy atom. The number of ether oxygens (including phenoxy) is 1. The molecule has 2 amide bonds. The summed E-state index contributed by atoms with van der Waals surface area (Å²) in [6, 6.07) is -0.612. The van der Waals surface area contributed by atoms with E-state index in [-0.39, 0.29) is 12.1 Å². The molecule has 3 unspecified atom stereocenters. The van der Waals surface area contributed by atoms with Crippen LogP contribution in [0.4, 0.5) is 4.79 Å². The van der Waals surface area contributed by atoms with E-state index in [1.165, 1.54) is 0 Å². The average molecular weight is 244 g/mol. The summed E-state index contributed by atoms with van der Waals surface area (Å²) in [5.74, 6) is -1.51. The summed E-state index contributed by atoms with van der Waals surface area (Å²) in [5, 5.41) is 11.5. The fourth-order valence-electron chi connectivity index (χ4n) is 1.63. The van der Waals surface area contributed by atoms with Crippen LogP contribution in [0.2, 0.25) is 0 Å². The standard InChI is InChI=1S/C11H20N2O4/c1-7-6-13(4-5-17-7)11(16)12-9(3)8(2)10(14)15/h7-9H,4-6H2,1-3H3,(H,12,16)(H,14,15). The first kappa shape index (κ1) is 13.8. The first-order chi connectivity index (χ1) is 7.91. The van der Waals surface area contributed by atoms with Gasteiger partial charge in [-0.3, -0.25) is 4.79 Å². The van der Waals surface area contributed by atoms with E-state index in [9.17, 15) is 9.59 Å². The summed E-state index contributed by atoms with van der Waals surface area (Å²) in [6.07, 6.45) is 0.0294. The molecular weight excluding hydrogens is 224 g/mol. The van der Waals surface area contributed by atoms with Gasteiger partial charge in [-0.05, 0) is 20.8 Å². The van der Waals surface area contributed by atoms with Gasteiger partial charge in [0.05, 0.1) is 18.6 Å². The fraction of sp³-hybridized carbons (Fsp3) is 0.818. The smallest absolute Gasteiger partial charge is 0.317 e. The fourth-order valence-corrected chi connectivity index (χ4v) is 1.63. The van der Waals surface area contributed by atoms with E-state index in [4.69, 9.17) is 9.84 Å². The van der Waals surface area contributed by atoms with E-state index in [0.29, 0.717) is 19.7 Å². The molecule has 98 valence electrons. The molecule has 2 N–H and O–H groups in total. The highest BCUT2D eigenvalue weighted by atomic mass is 16.5. The van der Waals surface area contributed by atoms with Crippen molar-refractivity contribution >= 4 is 12.0 Å². The first-order valence-electron chi connectivity index (χ1n) is 5.81. The molecule has 0 aliphatic carbocycles. The Hall–Kier alpha value is -1.30. The molecule has 1 rings (SSSR count). The number of carboxylic acid groups (broad SMARTS) is 1. The molecule has 1 saturated heterocycles. The van der Waals surface area contributed by atoms with Gasteiger partial charge in [-0.15, -0.1) is 0 Å². The van der Waals surface area contributed by atoms with Gasteiger partial charge in [-0.2, -0.15) is 0 Å². The summed E-state index contributed by atoms with van der Waals surface area (Å²) in [6.45, 7) is 6.79. The maximum Gasteiger partial charge on any atom is 0.317 e. The van der Waals surface area contributed by atoms with Crippen LogP contribution in [0.3, 0.4) is 0 Å². The van der Waals surface area contributed by atoms with Crippen molar-refractivity contribution in [3.63, 3.8) is 0 Å². The largest absolute Gasteiger partial charge is 0.481 e. The van der Waals surface area contributed by atoms with Crippen molar-refractivity contribution in [1.29, 1.82) is 0 Å². The maximum absolute atomic E-state index is 11.8. The van der Waals surface area contributed by atoms with Crippen LogP contribution < -0.4 is 5.32 Å². The number of aliphatic carboxylic acids is 1. The Kier molecular flexibility index (Phi) is 4.74. The van der Waals surface area contributed by atoms with E-state index >= 15 is 0 Å². The summed E-state index contributed by atoms with van der Waals surface area (Å²) in [7, 11) is 0. The van der Waals surface area contributed by atoms with Crippen molar-refractivity contribution in [2.75, 3.05) is 19.7 Å². The molecule has 6 heteroatoms. The molecule has 1 aliphatic heterocycles. The molecule has 0 aromatic heterocycles. The highest BCUT2D eigenvalue weighted by molar-refractivity contribution is 5.76. The number of nitrogens with zero attached hydrogens (tertiary/aromatic N) is 1. The van der Waals surface area contributed by atoms with E-state index in [1.54, 1.807) is 18.7 Å². The summed E-state index contributed by atoms with van der Waals surface area (Å²) >= 11 is 0. The first-order valence-corrected chi connectivity index (χ1v) is 5.81. The minimum Gasteiger partial charge on any atom is -0.481 e. The van der Waals surface area contributed by atoms with Crippen LogP contribution in [0.25, 0.3) is 0 Å². The number of hydrogen-bond donors (Lipinski definition) is 2. The molecule has 3 atom stereocenters. The average Bonchev–Trinajstić information content (AvgIpc) is 2.27. The van der Waals surface area contributed by atoms with Crippen LogP contribution in [-0.2, 0) is 9.53 Å². The molecule has 1 heterocycles. The number of amides is 2. The van der Waals surface area contributed by atoms with Gasteiger partial charge < -0.3 is 20.1 Å². The summed E-state index contributed by atoms with van der Waals surface area (Å²) in [5.41, 5.74) is 0. The number of morpholine rings is 1. The monoisotopic (exact) mass is 244 g/mol. The van der Waals surface area contributed by atoms with Crippen molar-refractivity contribution in [2.45, 2.75) is 32.9 Å². The Balaban J connectivity index is 2.45. The second-order valence-corrected chi connectivity index (χ2v) is 4.49. The second-order valence-electron chi connectivity index (χ2n) is 4.49. The predicted octanol–water partition coefficient (Wildman–Crippen LogP) is 0.526. The van der Waals surface area contributed by atoms with Crippen molar-refractivity contribution in [3.05, 3.63) is 0 Å². The predicted molar refractivity (Wildman–Crippen MR) is 61.8 cm³/mol. The van der Waals surface area contributed by atoms with Crippen LogP contribution in [0.15, 0.2) is 0 Å². The van der Waals surface area contributed by atoms with E-state index < -0.39 is 17.9 Å². The third-order valence-electron chi connectivity index (χ3n) is 3.02. The maximum atomic E-state index is 11.8. The molecule has 0 spiro atoms. The molecule has 0 aromatic rings. The lowest BCUT2D eigenvalue weighted by atomic mass is 10.0. The highest BCUT2D eigenvalue weighted by Gasteiger charge is 2.25. The number of urea groups is 1. The van der Waals surface area contributed by atoms with Crippen LogP contribution >= 0.6 is 0 Å². The van der Waals surface area contributed by atoms with Gasteiger partial charge in [0, 0.05) is 19.1 Å². The SMILES string of the molecule is CC1CN(C(=O)NC(C)C(C)C(=O)O)CCO1. The minimum atomic E-state index is -0.909. The van der Waals surface area contributed by atoms with Crippen molar-refractivity contribution in [2.24, 2.45) is 5.92 Å². The lowest BCUT2D eigenvalue weighted by Crippen LogP contribution is -2.52. The molecule has 1 fully saturated rings. The van der Waals surface area contributed by atoms with E-state index in [2.05, 4.69) is 5.32 Å². The topological polar surface area (TPSA) is 78.9 Å². The number of carbonyl (C=O) groups is 2. The quantitative estimate of drug-likeness (QED) is 0.759. The zero-order chi connectivity index (χ0) is 13.0. The normalized spacial score (nSPS) is 23.9. The number of rotatable bonds is 3. The molecule has 1 aliphatic rings. The van der Waals surface area contributed by atoms with Crippen LogP contribution in [0, 0.1) is 5.92 Å². The van der Waals surface area contributed by atoms with Gasteiger partial charge in [0.2, 0.25) is 0 Å². The lowest BCUT2D eigenvalue weighted by molar-refractivity contribution is -0.141. The van der Waals surface area contributed by atoms with Crippen molar-refractivity contribution in [1.82, 2.24) is 10.2 Å². The Morgan fingerprint density at radius 3 is 2.65 bits per heavy atom. The van der Waals surface area contributed by atoms with Crippen LogP contribution in [0.5, 0.6) is 0 Å². The zero-order valence-electron chi connectivity index (χ0n) is 10.5. The number of carboxylic acids is 1. The molecular formula is C11H20N2O4. The number of carbonyl (C=O) groups excluding carboxylic acids is 1. The third-order valence-corrected chi connectivity index (χ3v) is 3.02. The molecule has 0 aromatic carbocycles. The van der Waals surface area contributed by atoms with Crippen LogP contribution in [-0.4, -0.2) is 53.8 Å². The van der Waals surface area contributed by atoms with Crippen LogP contribution in [0.1, 0.15) is 20.8 Å². The summed E-state index contributed by atoms with van der Waals surface area (Å²) in [4.78, 5) is 24.3. The highest BCUT2D eigenvalue weighted by Crippen LogP contribution is 2.07. The van der Waals surface area contributed by atoms with Gasteiger partial charge in [0.15, 0.2) is 0 Å². The van der Waals surface area contributed by atoms with Crippen molar-refractivity contribution in [3.8, 4) is 0 Å². The van der Waals surface area contributed by atoms with Crippen molar-refractivity contribution < 1.29 is 19.4 Å². The molecule has 17 heavy (non-hydrogen) atoms. The van der Waals surface area contributed by atoms with Gasteiger partial charge >= 0.3 is 12.0 Å². The molecule has 0 saturated carbocycles. The Labute approximate surface area is 101 Å². The number of hydrogen-bond acceptors (Lipinski definition) is 3. The number of nitrogens with one attached hydrogen (secondary N) is 1. The molecule has 6 nitrogen and oxygen atoms in total. The minimum absolute atomic E-state index is 0.0294.